The molecular formula is C12H15N5OS. The summed E-state index contributed by atoms with van der Waals surface area (Å²) in [5.41, 5.74) is 11.2. The number of anilines is 1. The first-order valence-electron chi connectivity index (χ1n) is 6.15. The van der Waals surface area contributed by atoms with E-state index in [0.717, 1.165) is 23.2 Å². The minimum Gasteiger partial charge on any atom is -0.383 e. The van der Waals surface area contributed by atoms with Crippen LogP contribution in [-0.4, -0.2) is 33.9 Å². The molecule has 1 fully saturated rings. The van der Waals surface area contributed by atoms with Crippen molar-refractivity contribution in [2.75, 3.05) is 18.8 Å². The number of hydrogen-bond acceptors (Lipinski definition) is 6. The van der Waals surface area contributed by atoms with Gasteiger partial charge < -0.3 is 11.5 Å². The number of nitrogens with two attached hydrogens (primary N) is 2. The molecule has 100 valence electrons. The number of fused-ring (bicyclic) bond motifs is 1. The molecule has 2 aromatic rings. The molecule has 0 aromatic carbocycles. The van der Waals surface area contributed by atoms with Crippen LogP contribution >= 0.6 is 11.3 Å². The molecule has 0 saturated carbocycles. The monoisotopic (exact) mass is 277 g/mol. The zero-order valence-electron chi connectivity index (χ0n) is 10.4. The molecule has 7 heteroatoms. The second-order valence-corrected chi connectivity index (χ2v) is 5.68. The quantitative estimate of drug-likeness (QED) is 0.855. The third kappa shape index (κ3) is 2.39. The number of nitrogens with zero attached hydrogens (tertiary/aromatic N) is 3. The Morgan fingerprint density at radius 3 is 3.11 bits per heavy atom. The van der Waals surface area contributed by atoms with E-state index in [1.165, 1.54) is 0 Å². The van der Waals surface area contributed by atoms with Gasteiger partial charge in [0.05, 0.1) is 17.8 Å². The van der Waals surface area contributed by atoms with E-state index in [-0.39, 0.29) is 11.8 Å². The number of nitrogen functional groups attached to an aromatic ring is 1. The minimum absolute atomic E-state index is 0.0529. The van der Waals surface area contributed by atoms with Gasteiger partial charge in [0.2, 0.25) is 5.91 Å². The van der Waals surface area contributed by atoms with Gasteiger partial charge in [0.25, 0.3) is 0 Å². The van der Waals surface area contributed by atoms with Crippen molar-refractivity contribution in [3.05, 3.63) is 17.3 Å². The van der Waals surface area contributed by atoms with E-state index in [1.807, 2.05) is 11.4 Å². The second kappa shape index (κ2) is 4.75. The van der Waals surface area contributed by atoms with Crippen molar-refractivity contribution >= 4 is 33.3 Å². The van der Waals surface area contributed by atoms with Crippen LogP contribution in [0.25, 0.3) is 10.2 Å². The Balaban J connectivity index is 1.77. The lowest BCUT2D eigenvalue weighted by Gasteiger charge is -2.14. The van der Waals surface area contributed by atoms with Crippen molar-refractivity contribution < 1.29 is 4.79 Å². The largest absolute Gasteiger partial charge is 0.383 e. The molecule has 3 heterocycles. The van der Waals surface area contributed by atoms with Gasteiger partial charge >= 0.3 is 0 Å². The van der Waals surface area contributed by atoms with Gasteiger partial charge in [-0.25, -0.2) is 9.97 Å². The summed E-state index contributed by atoms with van der Waals surface area (Å²) in [6.07, 6.45) is 0.812. The molecular weight excluding hydrogens is 262 g/mol. The van der Waals surface area contributed by atoms with Gasteiger partial charge in [-0.15, -0.1) is 11.3 Å². The van der Waals surface area contributed by atoms with Crippen LogP contribution in [0.3, 0.4) is 0 Å². The number of rotatable bonds is 3. The Kier molecular flexibility index (Phi) is 3.08. The minimum atomic E-state index is -0.225. The molecule has 19 heavy (non-hydrogen) atoms. The summed E-state index contributed by atoms with van der Waals surface area (Å²) in [6, 6.07) is 1.93. The van der Waals surface area contributed by atoms with E-state index in [4.69, 9.17) is 11.5 Å². The molecule has 0 bridgehead atoms. The summed E-state index contributed by atoms with van der Waals surface area (Å²) in [4.78, 5) is 23.0. The number of hydrogen-bond donors (Lipinski definition) is 2. The maximum Gasteiger partial charge on any atom is 0.221 e. The number of likely N-dealkylation sites (tertiary alicyclic amines) is 1. The number of primary amides is 1. The molecule has 6 nitrogen and oxygen atoms in total. The molecule has 1 atom stereocenters. The zero-order chi connectivity index (χ0) is 13.4. The van der Waals surface area contributed by atoms with E-state index in [1.54, 1.807) is 11.3 Å². The molecule has 0 radical (unpaired) electrons. The first-order valence-corrected chi connectivity index (χ1v) is 7.02. The lowest BCUT2D eigenvalue weighted by molar-refractivity contribution is -0.121. The number of thiophene rings is 1. The van der Waals surface area contributed by atoms with Crippen molar-refractivity contribution in [1.29, 1.82) is 0 Å². The van der Waals surface area contributed by atoms with Gasteiger partial charge in [0.15, 0.2) is 0 Å². The highest BCUT2D eigenvalue weighted by Gasteiger charge is 2.27. The maximum atomic E-state index is 11.1. The van der Waals surface area contributed by atoms with Crippen LogP contribution in [0.2, 0.25) is 0 Å². The van der Waals surface area contributed by atoms with Crippen LogP contribution in [0.15, 0.2) is 11.4 Å². The van der Waals surface area contributed by atoms with E-state index in [2.05, 4.69) is 14.9 Å². The van der Waals surface area contributed by atoms with Crippen molar-refractivity contribution in [3.8, 4) is 0 Å². The van der Waals surface area contributed by atoms with Gasteiger partial charge in [-0.3, -0.25) is 9.69 Å². The normalized spacial score (nSPS) is 20.1. The van der Waals surface area contributed by atoms with Gasteiger partial charge in [-0.1, -0.05) is 0 Å². The fraction of sp³-hybridized carbons (Fsp3) is 0.417. The van der Waals surface area contributed by atoms with Crippen LogP contribution in [-0.2, 0) is 11.3 Å². The second-order valence-electron chi connectivity index (χ2n) is 4.79. The summed E-state index contributed by atoms with van der Waals surface area (Å²) >= 11 is 1.56. The Bertz CT molecular complexity index is 626. The fourth-order valence-corrected chi connectivity index (χ4v) is 3.19. The Morgan fingerprint density at radius 1 is 1.53 bits per heavy atom. The molecule has 3 rings (SSSR count). The van der Waals surface area contributed by atoms with Crippen LogP contribution in [0.5, 0.6) is 0 Å². The van der Waals surface area contributed by atoms with E-state index < -0.39 is 0 Å². The molecule has 1 saturated heterocycles. The summed E-state index contributed by atoms with van der Waals surface area (Å²) in [5, 5.41) is 2.86. The maximum absolute atomic E-state index is 11.1. The van der Waals surface area contributed by atoms with Crippen molar-refractivity contribution in [2.24, 2.45) is 11.7 Å². The smallest absolute Gasteiger partial charge is 0.221 e. The third-order valence-corrected chi connectivity index (χ3v) is 4.25. The molecule has 1 unspecified atom stereocenters. The summed E-state index contributed by atoms with van der Waals surface area (Å²) < 4.78 is 0. The molecule has 1 aliphatic rings. The molecule has 1 aliphatic heterocycles. The topological polar surface area (TPSA) is 98.1 Å². The molecule has 0 aliphatic carbocycles. The fourth-order valence-electron chi connectivity index (χ4n) is 2.40. The van der Waals surface area contributed by atoms with Crippen LogP contribution in [0.1, 0.15) is 12.2 Å². The first kappa shape index (κ1) is 12.3. The van der Waals surface area contributed by atoms with Crippen molar-refractivity contribution in [3.63, 3.8) is 0 Å². The van der Waals surface area contributed by atoms with Crippen LogP contribution < -0.4 is 11.5 Å². The number of carbonyl (C=O) groups is 1. The van der Waals surface area contributed by atoms with Gasteiger partial charge in [-0.2, -0.15) is 0 Å². The van der Waals surface area contributed by atoms with E-state index in [9.17, 15) is 4.79 Å². The average Bonchev–Trinajstić information content (AvgIpc) is 2.97. The lowest BCUT2D eigenvalue weighted by atomic mass is 10.1. The number of amides is 1. The first-order chi connectivity index (χ1) is 9.13. The highest BCUT2D eigenvalue weighted by atomic mass is 32.1. The number of aromatic nitrogens is 2. The Labute approximate surface area is 114 Å². The Morgan fingerprint density at radius 2 is 2.37 bits per heavy atom. The van der Waals surface area contributed by atoms with Crippen molar-refractivity contribution in [1.82, 2.24) is 14.9 Å². The lowest BCUT2D eigenvalue weighted by Crippen LogP contribution is -2.27. The third-order valence-electron chi connectivity index (χ3n) is 3.44. The summed E-state index contributed by atoms with van der Waals surface area (Å²) in [5.74, 6) is 0.948. The highest BCUT2D eigenvalue weighted by molar-refractivity contribution is 7.16. The van der Waals surface area contributed by atoms with Crippen LogP contribution in [0, 0.1) is 5.92 Å². The van der Waals surface area contributed by atoms with Gasteiger partial charge in [0.1, 0.15) is 16.5 Å². The van der Waals surface area contributed by atoms with Gasteiger partial charge in [0, 0.05) is 6.54 Å². The van der Waals surface area contributed by atoms with Crippen LogP contribution in [0.4, 0.5) is 5.82 Å². The molecule has 4 N–H and O–H groups in total. The molecule has 1 amide bonds. The highest BCUT2D eigenvalue weighted by Crippen LogP contribution is 2.24. The predicted octanol–water partition coefficient (Wildman–Crippen LogP) is 0.581. The molecule has 2 aromatic heterocycles. The SMILES string of the molecule is NC(=O)C1CCN(Cc2nc(N)c3ccsc3n2)C1. The summed E-state index contributed by atoms with van der Waals surface area (Å²) in [6.45, 7) is 2.14. The van der Waals surface area contributed by atoms with E-state index in [0.29, 0.717) is 24.7 Å². The predicted molar refractivity (Wildman–Crippen MR) is 74.4 cm³/mol. The van der Waals surface area contributed by atoms with Crippen molar-refractivity contribution in [2.45, 2.75) is 13.0 Å². The Hall–Kier alpha value is -1.73. The van der Waals surface area contributed by atoms with Gasteiger partial charge in [-0.05, 0) is 24.4 Å². The zero-order valence-corrected chi connectivity index (χ0v) is 11.2. The number of carbonyl (C=O) groups excluding carboxylic acids is 1. The van der Waals surface area contributed by atoms with E-state index >= 15 is 0 Å². The molecule has 0 spiro atoms. The summed E-state index contributed by atoms with van der Waals surface area (Å²) in [7, 11) is 0. The standard InChI is InChI=1S/C12H15N5OS/c13-10-8-2-4-19-12(8)16-9(15-10)6-17-3-1-7(5-17)11(14)18/h2,4,7H,1,3,5-6H2,(H2,14,18)(H2,13,15,16). The average molecular weight is 277 g/mol.